The number of anilines is 2. The Morgan fingerprint density at radius 1 is 1.17 bits per heavy atom. The molecule has 1 saturated heterocycles. The van der Waals surface area contributed by atoms with Crippen LogP contribution < -0.4 is 15.1 Å². The normalized spacial score (nSPS) is 18.6. The van der Waals surface area contributed by atoms with Gasteiger partial charge in [0.15, 0.2) is 6.04 Å². The zero-order valence-electron chi connectivity index (χ0n) is 21.8. The molecule has 2 aliphatic rings. The number of carbonyl (C=O) groups is 3. The van der Waals surface area contributed by atoms with Crippen LogP contribution in [0.4, 0.5) is 29.5 Å². The number of hydrogen-bond donors (Lipinski definition) is 1. The van der Waals surface area contributed by atoms with E-state index in [9.17, 15) is 32.8 Å². The first-order chi connectivity index (χ1) is 19.6. The molecular weight excluding hydrogens is 539 g/mol. The topological polar surface area (TPSA) is 116 Å². The van der Waals surface area contributed by atoms with Gasteiger partial charge in [0.05, 0.1) is 11.6 Å². The van der Waals surface area contributed by atoms with Gasteiger partial charge < -0.3 is 10.1 Å². The smallest absolute Gasteiger partial charge is 0.416 e. The lowest BCUT2D eigenvalue weighted by Crippen LogP contribution is -2.56. The van der Waals surface area contributed by atoms with Crippen LogP contribution in [0, 0.1) is 24.1 Å². The third kappa shape index (κ3) is 5.56. The van der Waals surface area contributed by atoms with E-state index < -0.39 is 67.2 Å². The van der Waals surface area contributed by atoms with Crippen molar-refractivity contribution in [2.24, 2.45) is 0 Å². The number of benzene rings is 2. The minimum atomic E-state index is -2.90. The van der Waals surface area contributed by atoms with Gasteiger partial charge in [-0.2, -0.15) is 5.26 Å². The molecule has 210 valence electrons. The Morgan fingerprint density at radius 2 is 1.93 bits per heavy atom. The first-order valence-electron chi connectivity index (χ1n) is 12.7. The number of rotatable bonds is 7. The van der Waals surface area contributed by atoms with Crippen LogP contribution in [-0.2, 0) is 14.3 Å². The molecule has 2 aromatic carbocycles. The predicted octanol–water partition coefficient (Wildman–Crippen LogP) is 4.41. The second-order valence-corrected chi connectivity index (χ2v) is 9.89. The minimum Gasteiger partial charge on any atom is -0.446 e. The van der Waals surface area contributed by atoms with E-state index in [1.165, 1.54) is 30.5 Å². The SMILES string of the molecule is Cc1ccccc1C(C(=O)NC1CC(F)(F)C1)N(C(=O)C1COC(=O)N1c1cc(C#N)ccn1)c1cccc(F)c1. The number of cyclic esters (lactones) is 1. The van der Waals surface area contributed by atoms with Crippen LogP contribution in [0.2, 0.25) is 0 Å². The maximum absolute atomic E-state index is 14.5. The van der Waals surface area contributed by atoms with Gasteiger partial charge in [-0.05, 0) is 48.4 Å². The summed E-state index contributed by atoms with van der Waals surface area (Å²) < 4.78 is 46.9. The fraction of sp³-hybridized carbons (Fsp3) is 0.276. The molecular formula is C29H24F3N5O4. The van der Waals surface area contributed by atoms with Crippen molar-refractivity contribution in [2.75, 3.05) is 16.4 Å². The molecule has 5 rings (SSSR count). The summed E-state index contributed by atoms with van der Waals surface area (Å²) in [6, 6.07) is 12.8. The number of pyridine rings is 1. The van der Waals surface area contributed by atoms with Crippen molar-refractivity contribution in [1.82, 2.24) is 10.3 Å². The number of alkyl halides is 2. The molecule has 1 saturated carbocycles. The summed E-state index contributed by atoms with van der Waals surface area (Å²) in [6.45, 7) is 1.30. The van der Waals surface area contributed by atoms with E-state index in [-0.39, 0.29) is 17.1 Å². The summed E-state index contributed by atoms with van der Waals surface area (Å²) in [6.07, 6.45) is -0.707. The second kappa shape index (κ2) is 10.9. The molecule has 2 unspecified atom stereocenters. The first kappa shape index (κ1) is 27.6. The molecule has 9 nitrogen and oxygen atoms in total. The average molecular weight is 564 g/mol. The van der Waals surface area contributed by atoms with Gasteiger partial charge in [0.25, 0.3) is 11.8 Å². The van der Waals surface area contributed by atoms with E-state index in [1.54, 1.807) is 31.2 Å². The summed E-state index contributed by atoms with van der Waals surface area (Å²) in [5.74, 6) is -5.19. The molecule has 0 bridgehead atoms. The molecule has 0 radical (unpaired) electrons. The molecule has 3 aromatic rings. The molecule has 0 spiro atoms. The maximum Gasteiger partial charge on any atom is 0.416 e. The molecule has 1 aromatic heterocycles. The molecule has 2 fully saturated rings. The van der Waals surface area contributed by atoms with Crippen molar-refractivity contribution in [1.29, 1.82) is 5.26 Å². The van der Waals surface area contributed by atoms with Crippen LogP contribution in [-0.4, -0.2) is 47.5 Å². The van der Waals surface area contributed by atoms with Gasteiger partial charge in [-0.3, -0.25) is 14.5 Å². The fourth-order valence-electron chi connectivity index (χ4n) is 5.00. The monoisotopic (exact) mass is 563 g/mol. The van der Waals surface area contributed by atoms with Crippen molar-refractivity contribution in [3.63, 3.8) is 0 Å². The molecule has 41 heavy (non-hydrogen) atoms. The lowest BCUT2D eigenvalue weighted by molar-refractivity contribution is -0.133. The number of carbonyl (C=O) groups excluding carboxylic acids is 3. The zero-order chi connectivity index (χ0) is 29.3. The zero-order valence-corrected chi connectivity index (χ0v) is 21.8. The van der Waals surface area contributed by atoms with E-state index in [1.807, 2.05) is 6.07 Å². The van der Waals surface area contributed by atoms with Crippen molar-refractivity contribution in [3.8, 4) is 6.07 Å². The van der Waals surface area contributed by atoms with Crippen molar-refractivity contribution < 1.29 is 32.3 Å². The Bertz CT molecular complexity index is 1550. The molecule has 2 heterocycles. The number of halogens is 3. The number of nitrogens with zero attached hydrogens (tertiary/aromatic N) is 4. The van der Waals surface area contributed by atoms with Crippen LogP contribution in [0.25, 0.3) is 0 Å². The van der Waals surface area contributed by atoms with Gasteiger partial charge >= 0.3 is 6.09 Å². The molecule has 12 heteroatoms. The quantitative estimate of drug-likeness (QED) is 0.455. The van der Waals surface area contributed by atoms with Crippen LogP contribution in [0.1, 0.15) is 35.6 Å². The van der Waals surface area contributed by atoms with Crippen molar-refractivity contribution in [2.45, 2.75) is 43.8 Å². The number of nitriles is 1. The lowest BCUT2D eigenvalue weighted by Gasteiger charge is -2.39. The third-order valence-corrected chi connectivity index (χ3v) is 7.03. The number of ether oxygens (including phenoxy) is 1. The molecule has 3 amide bonds. The van der Waals surface area contributed by atoms with Gasteiger partial charge in [-0.25, -0.2) is 27.8 Å². The fourth-order valence-corrected chi connectivity index (χ4v) is 5.00. The predicted molar refractivity (Wildman–Crippen MR) is 140 cm³/mol. The third-order valence-electron chi connectivity index (χ3n) is 7.03. The van der Waals surface area contributed by atoms with Crippen LogP contribution in [0.5, 0.6) is 0 Å². The lowest BCUT2D eigenvalue weighted by atomic mass is 9.87. The Hall–Kier alpha value is -4.92. The summed E-state index contributed by atoms with van der Waals surface area (Å²) in [4.78, 5) is 47.1. The average Bonchev–Trinajstić information content (AvgIpc) is 3.32. The van der Waals surface area contributed by atoms with Gasteiger partial charge in [0, 0.05) is 30.8 Å². The number of nitrogens with one attached hydrogen (secondary N) is 1. The number of aryl methyl sites for hydroxylation is 1. The largest absolute Gasteiger partial charge is 0.446 e. The van der Waals surface area contributed by atoms with Gasteiger partial charge in [0.1, 0.15) is 24.3 Å². The van der Waals surface area contributed by atoms with Crippen LogP contribution >= 0.6 is 0 Å². The van der Waals surface area contributed by atoms with Gasteiger partial charge in [-0.1, -0.05) is 30.3 Å². The number of hydrogen-bond acceptors (Lipinski definition) is 6. The first-order valence-corrected chi connectivity index (χ1v) is 12.7. The Morgan fingerprint density at radius 3 is 2.61 bits per heavy atom. The highest BCUT2D eigenvalue weighted by Crippen LogP contribution is 2.39. The number of aromatic nitrogens is 1. The summed E-state index contributed by atoms with van der Waals surface area (Å²) >= 11 is 0. The summed E-state index contributed by atoms with van der Waals surface area (Å²) in [5.41, 5.74) is 1.16. The second-order valence-electron chi connectivity index (χ2n) is 9.89. The summed E-state index contributed by atoms with van der Waals surface area (Å²) in [7, 11) is 0. The molecule has 1 aliphatic carbocycles. The molecule has 1 N–H and O–H groups in total. The van der Waals surface area contributed by atoms with Crippen molar-refractivity contribution >= 4 is 29.4 Å². The van der Waals surface area contributed by atoms with E-state index >= 15 is 0 Å². The van der Waals surface area contributed by atoms with E-state index in [0.717, 1.165) is 21.9 Å². The number of amides is 3. The van der Waals surface area contributed by atoms with Crippen LogP contribution in [0.3, 0.4) is 0 Å². The highest BCUT2D eigenvalue weighted by atomic mass is 19.3. The highest BCUT2D eigenvalue weighted by Gasteiger charge is 2.49. The van der Waals surface area contributed by atoms with Gasteiger partial charge in [-0.15, -0.1) is 0 Å². The molecule has 1 aliphatic heterocycles. The maximum atomic E-state index is 14.5. The summed E-state index contributed by atoms with van der Waals surface area (Å²) in [5, 5.41) is 11.9. The van der Waals surface area contributed by atoms with Crippen LogP contribution in [0.15, 0.2) is 66.9 Å². The van der Waals surface area contributed by atoms with E-state index in [2.05, 4.69) is 10.3 Å². The standard InChI is InChI=1S/C29H24F3N5O4/c1-17-5-2-3-8-22(17)25(26(38)35-20-13-29(31,32)14-20)36(21-7-4-6-19(30)12-21)27(39)23-16-41-28(40)37(23)24-11-18(15-33)9-10-34-24/h2-12,20,23,25H,13-14,16H2,1H3,(H,35,38). The Kier molecular flexibility index (Phi) is 7.36. The van der Waals surface area contributed by atoms with E-state index in [0.29, 0.717) is 11.1 Å². The van der Waals surface area contributed by atoms with Gasteiger partial charge in [0.2, 0.25) is 5.91 Å². The Balaban J connectivity index is 1.61. The highest BCUT2D eigenvalue weighted by molar-refractivity contribution is 6.09. The minimum absolute atomic E-state index is 0.00428. The van der Waals surface area contributed by atoms with E-state index in [4.69, 9.17) is 4.74 Å². The Labute approximate surface area is 233 Å². The van der Waals surface area contributed by atoms with Crippen molar-refractivity contribution in [3.05, 3.63) is 89.4 Å². The molecule has 2 atom stereocenters.